The Morgan fingerprint density at radius 3 is 2.52 bits per heavy atom. The normalized spacial score (nSPS) is 24.4. The van der Waals surface area contributed by atoms with Crippen LogP contribution in [0.2, 0.25) is 0 Å². The van der Waals surface area contributed by atoms with Crippen LogP contribution in [-0.2, 0) is 16.0 Å². The van der Waals surface area contributed by atoms with Crippen molar-refractivity contribution in [3.05, 3.63) is 23.8 Å². The third kappa shape index (κ3) is 2.61. The zero-order chi connectivity index (χ0) is 14.1. The molecule has 0 radical (unpaired) electrons. The third-order valence-corrected chi connectivity index (χ3v) is 4.47. The number of hydrogen-bond donors (Lipinski definition) is 0. The van der Waals surface area contributed by atoms with Crippen LogP contribution in [0.3, 0.4) is 0 Å². The highest BCUT2D eigenvalue weighted by atomic mass is 16.7. The average molecular weight is 291 g/mol. The Hall–Kier alpha value is -1.30. The van der Waals surface area contributed by atoms with Crippen molar-refractivity contribution in [3.63, 3.8) is 0 Å². The molecular weight excluding hydrogens is 270 g/mol. The maximum absolute atomic E-state index is 5.79. The molecule has 1 spiro atoms. The molecule has 4 rings (SSSR count). The van der Waals surface area contributed by atoms with Gasteiger partial charge in [0.25, 0.3) is 0 Å². The number of likely N-dealkylation sites (tertiary alicyclic amines) is 1. The molecule has 0 saturated carbocycles. The van der Waals surface area contributed by atoms with E-state index in [0.29, 0.717) is 13.2 Å². The van der Waals surface area contributed by atoms with E-state index in [1.807, 2.05) is 12.1 Å². The minimum atomic E-state index is -0.299. The Morgan fingerprint density at radius 1 is 0.952 bits per heavy atom. The van der Waals surface area contributed by atoms with Gasteiger partial charge in [-0.25, -0.2) is 0 Å². The smallest absolute Gasteiger partial charge is 0.170 e. The highest BCUT2D eigenvalue weighted by Crippen LogP contribution is 2.36. The topological polar surface area (TPSA) is 40.2 Å². The first-order valence-corrected chi connectivity index (χ1v) is 7.72. The Morgan fingerprint density at radius 2 is 1.71 bits per heavy atom. The monoisotopic (exact) mass is 291 g/mol. The van der Waals surface area contributed by atoms with Crippen LogP contribution in [0.25, 0.3) is 0 Å². The lowest BCUT2D eigenvalue weighted by atomic mass is 10.0. The van der Waals surface area contributed by atoms with Gasteiger partial charge in [0.05, 0.1) is 13.2 Å². The highest BCUT2D eigenvalue weighted by molar-refractivity contribution is 5.47. The molecule has 3 aliphatic heterocycles. The van der Waals surface area contributed by atoms with Gasteiger partial charge in [0.15, 0.2) is 17.3 Å². The molecule has 114 valence electrons. The van der Waals surface area contributed by atoms with E-state index in [2.05, 4.69) is 11.0 Å². The van der Waals surface area contributed by atoms with Crippen molar-refractivity contribution < 1.29 is 18.9 Å². The molecule has 0 bridgehead atoms. The second kappa shape index (κ2) is 5.48. The summed E-state index contributed by atoms with van der Waals surface area (Å²) in [7, 11) is 0. The summed E-state index contributed by atoms with van der Waals surface area (Å²) in [5.41, 5.74) is 1.21. The fraction of sp³-hybridized carbons (Fsp3) is 0.625. The van der Waals surface area contributed by atoms with Gasteiger partial charge in [-0.05, 0) is 6.07 Å². The molecule has 0 aliphatic carbocycles. The standard InChI is InChI=1S/C16H21NO4/c1-2-13(15-14(3-1)18-8-9-19-15)12-17-6-4-16(5-7-17)20-10-11-21-16/h1-3H,4-12H2. The molecule has 0 aromatic heterocycles. The van der Waals surface area contributed by atoms with Crippen molar-refractivity contribution >= 4 is 0 Å². The number of piperidine rings is 1. The maximum atomic E-state index is 5.79. The lowest BCUT2D eigenvalue weighted by Gasteiger charge is -2.37. The Bertz CT molecular complexity index is 503. The summed E-state index contributed by atoms with van der Waals surface area (Å²) in [4.78, 5) is 2.43. The van der Waals surface area contributed by atoms with Crippen LogP contribution in [0.5, 0.6) is 11.5 Å². The van der Waals surface area contributed by atoms with Gasteiger partial charge in [0, 0.05) is 38.0 Å². The minimum Gasteiger partial charge on any atom is -0.486 e. The van der Waals surface area contributed by atoms with E-state index in [1.54, 1.807) is 0 Å². The fourth-order valence-electron chi connectivity index (χ4n) is 3.34. The molecular formula is C16H21NO4. The Balaban J connectivity index is 1.43. The zero-order valence-electron chi connectivity index (χ0n) is 12.2. The molecule has 0 unspecified atom stereocenters. The van der Waals surface area contributed by atoms with Crippen LogP contribution in [0.15, 0.2) is 18.2 Å². The highest BCUT2D eigenvalue weighted by Gasteiger charge is 2.39. The SMILES string of the molecule is c1cc(CN2CCC3(CC2)OCCO3)c2c(c1)OCCO2. The van der Waals surface area contributed by atoms with Crippen molar-refractivity contribution in [2.75, 3.05) is 39.5 Å². The van der Waals surface area contributed by atoms with E-state index >= 15 is 0 Å². The van der Waals surface area contributed by atoms with Crippen LogP contribution in [0.1, 0.15) is 18.4 Å². The second-order valence-corrected chi connectivity index (χ2v) is 5.83. The van der Waals surface area contributed by atoms with Crippen molar-refractivity contribution in [3.8, 4) is 11.5 Å². The molecule has 5 nitrogen and oxygen atoms in total. The second-order valence-electron chi connectivity index (χ2n) is 5.83. The van der Waals surface area contributed by atoms with Crippen molar-refractivity contribution in [2.45, 2.75) is 25.2 Å². The number of benzene rings is 1. The lowest BCUT2D eigenvalue weighted by Crippen LogP contribution is -2.44. The molecule has 0 atom stereocenters. The van der Waals surface area contributed by atoms with Crippen LogP contribution < -0.4 is 9.47 Å². The molecule has 2 saturated heterocycles. The summed E-state index contributed by atoms with van der Waals surface area (Å²) >= 11 is 0. The van der Waals surface area contributed by atoms with Gasteiger partial charge in [0.1, 0.15) is 13.2 Å². The summed E-state index contributed by atoms with van der Waals surface area (Å²) in [6.07, 6.45) is 1.89. The first-order chi connectivity index (χ1) is 10.3. The number of rotatable bonds is 2. The molecule has 0 N–H and O–H groups in total. The van der Waals surface area contributed by atoms with E-state index in [4.69, 9.17) is 18.9 Å². The Kier molecular flexibility index (Phi) is 3.49. The summed E-state index contributed by atoms with van der Waals surface area (Å²) in [6, 6.07) is 6.14. The molecule has 2 fully saturated rings. The maximum Gasteiger partial charge on any atom is 0.170 e. The number of nitrogens with zero attached hydrogens (tertiary/aromatic N) is 1. The molecule has 5 heteroatoms. The quantitative estimate of drug-likeness (QED) is 0.831. The molecule has 21 heavy (non-hydrogen) atoms. The van der Waals surface area contributed by atoms with Crippen LogP contribution in [-0.4, -0.2) is 50.2 Å². The summed E-state index contributed by atoms with van der Waals surface area (Å²) in [5.74, 6) is 1.48. The van der Waals surface area contributed by atoms with Gasteiger partial charge in [-0.2, -0.15) is 0 Å². The fourth-order valence-corrected chi connectivity index (χ4v) is 3.34. The van der Waals surface area contributed by atoms with E-state index in [9.17, 15) is 0 Å². The number of fused-ring (bicyclic) bond motifs is 1. The first kappa shape index (κ1) is 13.4. The first-order valence-electron chi connectivity index (χ1n) is 7.72. The van der Waals surface area contributed by atoms with Crippen molar-refractivity contribution in [1.82, 2.24) is 4.90 Å². The lowest BCUT2D eigenvalue weighted by molar-refractivity contribution is -0.185. The van der Waals surface area contributed by atoms with Gasteiger partial charge < -0.3 is 18.9 Å². The number of para-hydroxylation sites is 1. The predicted octanol–water partition coefficient (Wildman–Crippen LogP) is 1.80. The van der Waals surface area contributed by atoms with Crippen LogP contribution in [0.4, 0.5) is 0 Å². The van der Waals surface area contributed by atoms with E-state index in [1.165, 1.54) is 5.56 Å². The number of ether oxygens (including phenoxy) is 4. The Labute approximate surface area is 124 Å². The minimum absolute atomic E-state index is 0.299. The van der Waals surface area contributed by atoms with E-state index < -0.39 is 0 Å². The average Bonchev–Trinajstić information content (AvgIpc) is 2.99. The van der Waals surface area contributed by atoms with Crippen molar-refractivity contribution in [1.29, 1.82) is 0 Å². The van der Waals surface area contributed by atoms with Gasteiger partial charge in [-0.1, -0.05) is 12.1 Å². The van der Waals surface area contributed by atoms with Gasteiger partial charge in [-0.15, -0.1) is 0 Å². The zero-order valence-corrected chi connectivity index (χ0v) is 12.2. The van der Waals surface area contributed by atoms with E-state index in [0.717, 1.165) is 57.2 Å². The molecule has 3 heterocycles. The van der Waals surface area contributed by atoms with Crippen LogP contribution >= 0.6 is 0 Å². The molecule has 0 amide bonds. The molecule has 1 aromatic carbocycles. The molecule has 3 aliphatic rings. The van der Waals surface area contributed by atoms with Gasteiger partial charge >= 0.3 is 0 Å². The van der Waals surface area contributed by atoms with Gasteiger partial charge in [0.2, 0.25) is 0 Å². The van der Waals surface area contributed by atoms with Crippen molar-refractivity contribution in [2.24, 2.45) is 0 Å². The summed E-state index contributed by atoms with van der Waals surface area (Å²) in [6.45, 7) is 5.61. The summed E-state index contributed by atoms with van der Waals surface area (Å²) < 4.78 is 23.0. The van der Waals surface area contributed by atoms with Crippen LogP contribution in [0, 0.1) is 0 Å². The largest absolute Gasteiger partial charge is 0.486 e. The third-order valence-electron chi connectivity index (χ3n) is 4.47. The number of hydrogen-bond acceptors (Lipinski definition) is 5. The molecule has 1 aromatic rings. The summed E-state index contributed by atoms with van der Waals surface area (Å²) in [5, 5.41) is 0. The predicted molar refractivity (Wildman–Crippen MR) is 76.6 cm³/mol. The van der Waals surface area contributed by atoms with Gasteiger partial charge in [-0.3, -0.25) is 4.90 Å². The van der Waals surface area contributed by atoms with E-state index in [-0.39, 0.29) is 5.79 Å².